The van der Waals surface area contributed by atoms with Crippen molar-refractivity contribution in [1.82, 2.24) is 9.78 Å². The first-order chi connectivity index (χ1) is 9.65. The molecule has 1 atom stereocenters. The van der Waals surface area contributed by atoms with Gasteiger partial charge < -0.3 is 4.74 Å². The Bertz CT molecular complexity index is 619. The first-order valence-electron chi connectivity index (χ1n) is 5.55. The number of rotatable bonds is 4. The van der Waals surface area contributed by atoms with Crippen LogP contribution in [0.2, 0.25) is 5.15 Å². The molecule has 0 bridgehead atoms. The van der Waals surface area contributed by atoms with Gasteiger partial charge in [-0.15, -0.1) is 0 Å². The largest absolute Gasteiger partial charge is 0.465 e. The van der Waals surface area contributed by atoms with Gasteiger partial charge >= 0.3 is 12.1 Å². The predicted octanol–water partition coefficient (Wildman–Crippen LogP) is 1.98. The number of esters is 1. The number of aryl methyl sites for hydroxylation is 1. The first-order valence-corrected chi connectivity index (χ1v) is 5.93. The van der Waals surface area contributed by atoms with Crippen LogP contribution < -0.4 is 0 Å². The van der Waals surface area contributed by atoms with E-state index >= 15 is 0 Å². The molecule has 0 saturated carbocycles. The van der Waals surface area contributed by atoms with Crippen molar-refractivity contribution < 1.29 is 27.5 Å². The molecular weight excluding hydrogens is 315 g/mol. The normalized spacial score (nSPS) is 12.6. The Hall–Kier alpha value is -2.08. The van der Waals surface area contributed by atoms with Gasteiger partial charge in [-0.3, -0.25) is 14.3 Å². The van der Waals surface area contributed by atoms with Gasteiger partial charge in [0.05, 0.1) is 18.2 Å². The van der Waals surface area contributed by atoms with Crippen LogP contribution in [0.1, 0.15) is 23.0 Å². The maximum absolute atomic E-state index is 12.8. The zero-order chi connectivity index (χ0) is 16.4. The number of carbonyl (C=O) groups excluding carboxylic acids is 2. The van der Waals surface area contributed by atoms with Gasteiger partial charge in [-0.1, -0.05) is 11.6 Å². The molecule has 0 aromatic carbocycles. The monoisotopic (exact) mass is 323 g/mol. The third-order valence-corrected chi connectivity index (χ3v) is 2.84. The molecule has 6 nitrogen and oxygen atoms in total. The molecule has 0 N–H and O–H groups in total. The van der Waals surface area contributed by atoms with Crippen LogP contribution in [0.25, 0.3) is 0 Å². The van der Waals surface area contributed by atoms with Crippen molar-refractivity contribution in [3.8, 4) is 6.07 Å². The Balaban J connectivity index is 3.36. The number of nitrogens with zero attached hydrogens (tertiary/aromatic N) is 3. The maximum Gasteiger partial charge on any atom is 0.435 e. The summed E-state index contributed by atoms with van der Waals surface area (Å²) in [5.74, 6) is -4.67. The predicted molar refractivity (Wildman–Crippen MR) is 63.3 cm³/mol. The fourth-order valence-corrected chi connectivity index (χ4v) is 1.73. The van der Waals surface area contributed by atoms with Crippen molar-refractivity contribution >= 4 is 23.4 Å². The van der Waals surface area contributed by atoms with Crippen LogP contribution in [0.3, 0.4) is 0 Å². The van der Waals surface area contributed by atoms with Crippen molar-refractivity contribution in [3.63, 3.8) is 0 Å². The molecule has 1 heterocycles. The third-order valence-electron chi connectivity index (χ3n) is 2.41. The van der Waals surface area contributed by atoms with Crippen molar-refractivity contribution in [2.45, 2.75) is 13.1 Å². The van der Waals surface area contributed by atoms with E-state index in [1.807, 2.05) is 0 Å². The van der Waals surface area contributed by atoms with Crippen LogP contribution in [0.4, 0.5) is 13.2 Å². The molecule has 114 valence electrons. The Morgan fingerprint density at radius 3 is 2.52 bits per heavy atom. The zero-order valence-corrected chi connectivity index (χ0v) is 11.6. The second kappa shape index (κ2) is 6.13. The fraction of sp³-hybridized carbons (Fsp3) is 0.455. The van der Waals surface area contributed by atoms with Crippen LogP contribution in [-0.4, -0.2) is 28.1 Å². The quantitative estimate of drug-likeness (QED) is 0.480. The summed E-state index contributed by atoms with van der Waals surface area (Å²) in [6.07, 6.45) is -4.95. The Kier molecular flexibility index (Phi) is 4.96. The Morgan fingerprint density at radius 1 is 1.52 bits per heavy atom. The van der Waals surface area contributed by atoms with E-state index in [1.54, 1.807) is 0 Å². The topological polar surface area (TPSA) is 85.0 Å². The molecule has 1 aromatic heterocycles. The van der Waals surface area contributed by atoms with E-state index in [-0.39, 0.29) is 6.61 Å². The van der Waals surface area contributed by atoms with E-state index in [2.05, 4.69) is 9.84 Å². The molecule has 10 heteroatoms. The molecule has 0 saturated heterocycles. The fourth-order valence-electron chi connectivity index (χ4n) is 1.51. The van der Waals surface area contributed by atoms with Crippen molar-refractivity contribution in [1.29, 1.82) is 5.26 Å². The molecule has 21 heavy (non-hydrogen) atoms. The number of ketones is 1. The van der Waals surface area contributed by atoms with Gasteiger partial charge in [0.2, 0.25) is 5.92 Å². The number of alkyl halides is 3. The average molecular weight is 324 g/mol. The van der Waals surface area contributed by atoms with Crippen molar-refractivity contribution in [2.24, 2.45) is 13.0 Å². The lowest BCUT2D eigenvalue weighted by atomic mass is 9.99. The lowest BCUT2D eigenvalue weighted by molar-refractivity contribution is -0.145. The summed E-state index contributed by atoms with van der Waals surface area (Å²) < 4.78 is 43.6. The molecular formula is C11H9ClF3N3O3. The van der Waals surface area contributed by atoms with Crippen LogP contribution in [0.15, 0.2) is 0 Å². The van der Waals surface area contributed by atoms with Crippen molar-refractivity contribution in [3.05, 3.63) is 16.4 Å². The maximum atomic E-state index is 12.8. The van der Waals surface area contributed by atoms with Gasteiger partial charge in [-0.25, -0.2) is 0 Å². The summed E-state index contributed by atoms with van der Waals surface area (Å²) in [7, 11) is 1.10. The molecule has 0 radical (unpaired) electrons. The zero-order valence-electron chi connectivity index (χ0n) is 10.9. The molecule has 1 aromatic rings. The lowest BCUT2D eigenvalue weighted by Crippen LogP contribution is -2.26. The standard InChI is InChI=1S/C11H9ClF3N3O3/c1-3-21-10(20)5(4-16)7(19)6-8(11(13,14)15)17-18(2)9(6)12/h5H,3H2,1-2H3. The Labute approximate surface area is 122 Å². The molecule has 1 rings (SSSR count). The van der Waals surface area contributed by atoms with E-state index in [0.29, 0.717) is 4.68 Å². The number of nitriles is 1. The minimum atomic E-state index is -4.95. The van der Waals surface area contributed by atoms with E-state index in [0.717, 1.165) is 7.05 Å². The van der Waals surface area contributed by atoms with Gasteiger partial charge in [-0.2, -0.15) is 23.5 Å². The molecule has 0 fully saturated rings. The number of Topliss-reactive ketones (excluding diaryl/α,β-unsaturated/α-hetero) is 1. The van der Waals surface area contributed by atoms with Crippen LogP contribution >= 0.6 is 11.6 Å². The molecule has 0 spiro atoms. The molecule has 0 aliphatic carbocycles. The van der Waals surface area contributed by atoms with E-state index in [9.17, 15) is 22.8 Å². The van der Waals surface area contributed by atoms with Gasteiger partial charge in [0.1, 0.15) is 5.15 Å². The number of hydrogen-bond donors (Lipinski definition) is 0. The SMILES string of the molecule is CCOC(=O)C(C#N)C(=O)c1c(C(F)(F)F)nn(C)c1Cl. The second-order valence-corrected chi connectivity index (χ2v) is 4.17. The number of aromatic nitrogens is 2. The highest BCUT2D eigenvalue weighted by atomic mass is 35.5. The molecule has 0 aliphatic rings. The average Bonchev–Trinajstić information content (AvgIpc) is 2.67. The third kappa shape index (κ3) is 3.33. The smallest absolute Gasteiger partial charge is 0.435 e. The number of ether oxygens (including phenoxy) is 1. The van der Waals surface area contributed by atoms with Crippen LogP contribution in [-0.2, 0) is 22.8 Å². The summed E-state index contributed by atoms with van der Waals surface area (Å²) in [5, 5.41) is 11.3. The number of carbonyl (C=O) groups is 2. The minimum absolute atomic E-state index is 0.128. The second-order valence-electron chi connectivity index (χ2n) is 3.81. The summed E-state index contributed by atoms with van der Waals surface area (Å²) in [6, 6.07) is 1.31. The number of halogens is 4. The highest BCUT2D eigenvalue weighted by Crippen LogP contribution is 2.35. The van der Waals surface area contributed by atoms with E-state index in [4.69, 9.17) is 16.9 Å². The highest BCUT2D eigenvalue weighted by molar-refractivity contribution is 6.34. The summed E-state index contributed by atoms with van der Waals surface area (Å²) in [4.78, 5) is 23.5. The molecule has 0 amide bonds. The van der Waals surface area contributed by atoms with Crippen LogP contribution in [0.5, 0.6) is 0 Å². The lowest BCUT2D eigenvalue weighted by Gasteiger charge is -2.09. The van der Waals surface area contributed by atoms with Gasteiger partial charge in [0.25, 0.3) is 0 Å². The highest BCUT2D eigenvalue weighted by Gasteiger charge is 2.44. The van der Waals surface area contributed by atoms with Crippen LogP contribution in [0, 0.1) is 17.2 Å². The first kappa shape index (κ1) is 17.0. The summed E-state index contributed by atoms with van der Waals surface area (Å²) in [5.41, 5.74) is -2.57. The van der Waals surface area contributed by atoms with E-state index < -0.39 is 40.3 Å². The minimum Gasteiger partial charge on any atom is -0.465 e. The van der Waals surface area contributed by atoms with Gasteiger partial charge in [0, 0.05) is 7.05 Å². The van der Waals surface area contributed by atoms with Crippen molar-refractivity contribution in [2.75, 3.05) is 6.61 Å². The number of hydrogen-bond acceptors (Lipinski definition) is 5. The molecule has 1 unspecified atom stereocenters. The summed E-state index contributed by atoms with van der Waals surface area (Å²) in [6.45, 7) is 1.30. The van der Waals surface area contributed by atoms with Gasteiger partial charge in [-0.05, 0) is 6.92 Å². The Morgan fingerprint density at radius 2 is 2.10 bits per heavy atom. The van der Waals surface area contributed by atoms with E-state index in [1.165, 1.54) is 13.0 Å². The van der Waals surface area contributed by atoms with Gasteiger partial charge in [0.15, 0.2) is 11.5 Å². The molecule has 0 aliphatic heterocycles. The summed E-state index contributed by atoms with van der Waals surface area (Å²) >= 11 is 5.62.